The highest BCUT2D eigenvalue weighted by Gasteiger charge is 2.27. The van der Waals surface area contributed by atoms with Crippen LogP contribution >= 0.6 is 0 Å². The van der Waals surface area contributed by atoms with Gasteiger partial charge in [0.15, 0.2) is 0 Å². The minimum atomic E-state index is -0.466. The van der Waals surface area contributed by atoms with E-state index in [1.807, 2.05) is 108 Å². The fourth-order valence-corrected chi connectivity index (χ4v) is 8.54. The number of carbonyl (C=O) groups is 2. The summed E-state index contributed by atoms with van der Waals surface area (Å²) in [6, 6.07) is 46.2. The molecular formula is C67H91F2N7O6. The molecule has 0 aromatic heterocycles. The van der Waals surface area contributed by atoms with Gasteiger partial charge in [-0.05, 0) is 184 Å². The standard InChI is InChI=1S/C25H34FN3O2.C18H21NO3.C13H19FN2.C11H17NO/c1-19(2)18-31-24-10-6-20(7-11-24)16-27-25(30)29(23-12-14-28(3)15-13-23)17-21-4-8-22(26)9-5-21;1-14(2)13-21-16-10-8-15(9-11-16)12-19-18(20)22-17-6-4-3-5-7-17;1-16-8-6-13(7-9-16)15-10-11-2-4-12(14)5-3-11;1-9(2)8-13-11-5-3-10(7-12)4-6-11/h4-11,19,23H,12-18H2,1-3H3,(H,27,30);3-11,14H,12-13H2,1-2H3,(H,19,20);2-5,13,15H,6-10H2,1H3;3-6,9H,7-8,12H2,1-2H3. The molecule has 0 aliphatic carbocycles. The number of ether oxygens (including phenoxy) is 4. The van der Waals surface area contributed by atoms with Crippen molar-refractivity contribution < 1.29 is 37.3 Å². The monoisotopic (exact) mass is 1130 g/mol. The summed E-state index contributed by atoms with van der Waals surface area (Å²) >= 11 is 0. The number of para-hydroxylation sites is 1. The van der Waals surface area contributed by atoms with Gasteiger partial charge in [-0.25, -0.2) is 18.4 Å². The zero-order valence-corrected chi connectivity index (χ0v) is 49.8. The Bertz CT molecular complexity index is 2670. The molecule has 82 heavy (non-hydrogen) atoms. The molecule has 3 amide bonds. The summed E-state index contributed by atoms with van der Waals surface area (Å²) in [5.41, 5.74) is 10.7. The molecule has 0 atom stereocenters. The number of rotatable bonds is 21. The van der Waals surface area contributed by atoms with Crippen LogP contribution in [0.25, 0.3) is 0 Å². The van der Waals surface area contributed by atoms with Gasteiger partial charge >= 0.3 is 12.1 Å². The van der Waals surface area contributed by atoms with Crippen LogP contribution in [0.5, 0.6) is 23.0 Å². The van der Waals surface area contributed by atoms with E-state index in [9.17, 15) is 18.4 Å². The van der Waals surface area contributed by atoms with E-state index in [4.69, 9.17) is 24.7 Å². The third-order valence-electron chi connectivity index (χ3n) is 13.5. The van der Waals surface area contributed by atoms with Gasteiger partial charge in [0.1, 0.15) is 34.6 Å². The van der Waals surface area contributed by atoms with Crippen LogP contribution in [0.3, 0.4) is 0 Å². The lowest BCUT2D eigenvalue weighted by atomic mass is 10.0. The van der Waals surface area contributed by atoms with E-state index >= 15 is 0 Å². The predicted octanol–water partition coefficient (Wildman–Crippen LogP) is 12.9. The molecule has 0 radical (unpaired) electrons. The normalized spacial score (nSPS) is 13.8. The first-order valence-corrected chi connectivity index (χ1v) is 29.0. The summed E-state index contributed by atoms with van der Waals surface area (Å²) in [6.07, 6.45) is 3.82. The van der Waals surface area contributed by atoms with Crippen LogP contribution in [0.4, 0.5) is 18.4 Å². The number of piperidine rings is 2. The van der Waals surface area contributed by atoms with Gasteiger partial charge in [-0.3, -0.25) is 0 Å². The van der Waals surface area contributed by atoms with Crippen molar-refractivity contribution in [2.75, 3.05) is 60.1 Å². The number of nitrogens with zero attached hydrogens (tertiary/aromatic N) is 3. The molecule has 2 saturated heterocycles. The number of urea groups is 1. The summed E-state index contributed by atoms with van der Waals surface area (Å²) in [5.74, 6) is 4.23. The van der Waals surface area contributed by atoms with Crippen LogP contribution in [0, 0.1) is 29.4 Å². The predicted molar refractivity (Wildman–Crippen MR) is 326 cm³/mol. The largest absolute Gasteiger partial charge is 0.493 e. The van der Waals surface area contributed by atoms with E-state index in [-0.39, 0.29) is 23.7 Å². The Hall–Kier alpha value is -7.04. The minimum Gasteiger partial charge on any atom is -0.493 e. The summed E-state index contributed by atoms with van der Waals surface area (Å²) in [7, 11) is 4.27. The second-order valence-electron chi connectivity index (χ2n) is 22.3. The molecule has 0 spiro atoms. The summed E-state index contributed by atoms with van der Waals surface area (Å²) in [6.45, 7) is 21.9. The highest BCUT2D eigenvalue weighted by atomic mass is 19.1. The van der Waals surface area contributed by atoms with Gasteiger partial charge < -0.3 is 55.3 Å². The maximum Gasteiger partial charge on any atom is 0.412 e. The maximum absolute atomic E-state index is 13.3. The van der Waals surface area contributed by atoms with Crippen molar-refractivity contribution in [3.63, 3.8) is 0 Å². The maximum atomic E-state index is 13.3. The number of carbonyl (C=O) groups excluding carboxylic acids is 2. The van der Waals surface area contributed by atoms with Crippen LogP contribution < -0.4 is 40.6 Å². The summed E-state index contributed by atoms with van der Waals surface area (Å²) in [4.78, 5) is 31.3. The van der Waals surface area contributed by atoms with Crippen molar-refractivity contribution in [1.29, 1.82) is 0 Å². The van der Waals surface area contributed by atoms with E-state index in [1.165, 1.54) is 50.2 Å². The van der Waals surface area contributed by atoms with E-state index in [1.54, 1.807) is 24.3 Å². The van der Waals surface area contributed by atoms with Gasteiger partial charge in [0.05, 0.1) is 19.8 Å². The number of halogens is 2. The van der Waals surface area contributed by atoms with Crippen LogP contribution in [-0.4, -0.2) is 99.0 Å². The SMILES string of the molecule is CC(C)COc1ccc(CN)cc1.CC(C)COc1ccc(CNC(=O)N(Cc2ccc(F)cc2)C2CCN(C)CC2)cc1.CC(C)COc1ccc(CNC(=O)Oc2ccccc2)cc1.CN1CCC(NCc2ccc(F)cc2)CC1. The molecule has 6 aromatic carbocycles. The molecule has 2 heterocycles. The number of hydrogen-bond acceptors (Lipinski definition) is 10. The Labute approximate surface area is 487 Å². The van der Waals surface area contributed by atoms with E-state index in [2.05, 4.69) is 81.4 Å². The highest BCUT2D eigenvalue weighted by molar-refractivity contribution is 5.74. The Morgan fingerprint density at radius 1 is 0.512 bits per heavy atom. The van der Waals surface area contributed by atoms with Gasteiger partial charge in [0.25, 0.3) is 0 Å². The molecule has 2 aliphatic rings. The first kappa shape index (κ1) is 65.8. The van der Waals surface area contributed by atoms with E-state index < -0.39 is 6.09 Å². The number of nitrogens with one attached hydrogen (secondary N) is 3. The number of nitrogens with two attached hydrogens (primary N) is 1. The second-order valence-corrected chi connectivity index (χ2v) is 22.3. The van der Waals surface area contributed by atoms with Crippen LogP contribution in [0.15, 0.2) is 152 Å². The number of hydrogen-bond donors (Lipinski definition) is 4. The number of likely N-dealkylation sites (tertiary alicyclic amines) is 2. The summed E-state index contributed by atoms with van der Waals surface area (Å²) in [5, 5.41) is 9.31. The van der Waals surface area contributed by atoms with Crippen LogP contribution in [0.1, 0.15) is 95.0 Å². The molecule has 0 unspecified atom stereocenters. The zero-order valence-electron chi connectivity index (χ0n) is 49.8. The quantitative estimate of drug-likeness (QED) is 0.0550. The average Bonchev–Trinajstić information content (AvgIpc) is 3.57. The van der Waals surface area contributed by atoms with Crippen molar-refractivity contribution in [2.45, 2.75) is 112 Å². The molecule has 2 aliphatic heterocycles. The molecule has 5 N–H and O–H groups in total. The lowest BCUT2D eigenvalue weighted by Crippen LogP contribution is -2.49. The van der Waals surface area contributed by atoms with E-state index in [0.29, 0.717) is 68.9 Å². The Morgan fingerprint density at radius 3 is 1.34 bits per heavy atom. The summed E-state index contributed by atoms with van der Waals surface area (Å²) < 4.78 is 48.0. The number of benzene rings is 6. The molecule has 2 fully saturated rings. The Morgan fingerprint density at radius 2 is 0.902 bits per heavy atom. The molecule has 444 valence electrons. The first-order valence-electron chi connectivity index (χ1n) is 29.0. The lowest BCUT2D eigenvalue weighted by molar-refractivity contribution is 0.127. The van der Waals surface area contributed by atoms with Gasteiger partial charge in [0.2, 0.25) is 0 Å². The first-order chi connectivity index (χ1) is 39.5. The molecule has 0 bridgehead atoms. The van der Waals surface area contributed by atoms with Crippen molar-refractivity contribution >= 4 is 12.1 Å². The van der Waals surface area contributed by atoms with Crippen molar-refractivity contribution in [1.82, 2.24) is 30.7 Å². The second kappa shape index (κ2) is 36.4. The molecule has 6 aromatic rings. The highest BCUT2D eigenvalue weighted by Crippen LogP contribution is 2.21. The number of amides is 3. The molecule has 13 nitrogen and oxygen atoms in total. The molecule has 8 rings (SSSR count). The average molecular weight is 1130 g/mol. The molecular weight excluding hydrogens is 1040 g/mol. The minimum absolute atomic E-state index is 0.0842. The van der Waals surface area contributed by atoms with Crippen molar-refractivity contribution in [2.24, 2.45) is 23.5 Å². The van der Waals surface area contributed by atoms with Gasteiger partial charge in [-0.1, -0.05) is 120 Å². The topological polar surface area (TPSA) is 143 Å². The smallest absolute Gasteiger partial charge is 0.412 e. The van der Waals surface area contributed by atoms with Crippen molar-refractivity contribution in [3.8, 4) is 23.0 Å². The third kappa shape index (κ3) is 26.7. The molecule has 15 heteroatoms. The van der Waals surface area contributed by atoms with Crippen LogP contribution in [-0.2, 0) is 32.7 Å². The fourth-order valence-electron chi connectivity index (χ4n) is 8.54. The van der Waals surface area contributed by atoms with Crippen LogP contribution in [0.2, 0.25) is 0 Å². The third-order valence-corrected chi connectivity index (χ3v) is 13.5. The Balaban J connectivity index is 0.000000212. The zero-order chi connectivity index (χ0) is 59.1. The Kier molecular flexibility index (Phi) is 29.2. The lowest BCUT2D eigenvalue weighted by Gasteiger charge is -2.37. The van der Waals surface area contributed by atoms with E-state index in [0.717, 1.165) is 84.1 Å². The van der Waals surface area contributed by atoms with Gasteiger partial charge in [-0.2, -0.15) is 0 Å². The van der Waals surface area contributed by atoms with Gasteiger partial charge in [-0.15, -0.1) is 0 Å². The van der Waals surface area contributed by atoms with Crippen molar-refractivity contribution in [3.05, 3.63) is 191 Å². The van der Waals surface area contributed by atoms with Gasteiger partial charge in [0, 0.05) is 44.8 Å². The fraction of sp³-hybridized carbons (Fsp3) is 0.433. The molecule has 0 saturated carbocycles.